The Kier molecular flexibility index (Phi) is 4.26. The molecule has 5 nitrogen and oxygen atoms in total. The van der Waals surface area contributed by atoms with Crippen LogP contribution in [0, 0.1) is 6.92 Å². The van der Waals surface area contributed by atoms with Crippen LogP contribution in [0.25, 0.3) is 5.69 Å². The van der Waals surface area contributed by atoms with Gasteiger partial charge in [0, 0.05) is 37.0 Å². The molecule has 1 aromatic carbocycles. The molecule has 29 heavy (non-hydrogen) atoms. The second kappa shape index (κ2) is 6.83. The number of benzene rings is 1. The number of methoxy groups -OCH3 is 1. The summed E-state index contributed by atoms with van der Waals surface area (Å²) in [6.07, 6.45) is 9.38. The fourth-order valence-electron chi connectivity index (χ4n) is 4.91. The third kappa shape index (κ3) is 2.96. The first-order valence-corrected chi connectivity index (χ1v) is 10.4. The summed E-state index contributed by atoms with van der Waals surface area (Å²) in [6, 6.07) is 10.9. The number of aryl methyl sites for hydroxylation is 1. The summed E-state index contributed by atoms with van der Waals surface area (Å²) in [5.41, 5.74) is 5.70. The zero-order chi connectivity index (χ0) is 20.0. The molecule has 1 spiro atoms. The van der Waals surface area contributed by atoms with Crippen LogP contribution < -0.4 is 5.32 Å². The summed E-state index contributed by atoms with van der Waals surface area (Å²) in [4.78, 5) is 15.0. The maximum Gasteiger partial charge on any atom is 0.249 e. The molecular weight excluding hydrogens is 362 g/mol. The van der Waals surface area contributed by atoms with Crippen molar-refractivity contribution in [3.63, 3.8) is 0 Å². The molecule has 0 radical (unpaired) electrons. The molecule has 1 fully saturated rings. The molecule has 1 aliphatic carbocycles. The van der Waals surface area contributed by atoms with Crippen LogP contribution in [-0.2, 0) is 15.1 Å². The van der Waals surface area contributed by atoms with E-state index in [4.69, 9.17) is 4.74 Å². The van der Waals surface area contributed by atoms with Crippen molar-refractivity contribution in [1.29, 1.82) is 0 Å². The van der Waals surface area contributed by atoms with Crippen LogP contribution in [0.1, 0.15) is 36.9 Å². The van der Waals surface area contributed by atoms with Crippen LogP contribution in [-0.4, -0.2) is 35.6 Å². The molecule has 2 aliphatic heterocycles. The second-order valence-electron chi connectivity index (χ2n) is 8.31. The summed E-state index contributed by atoms with van der Waals surface area (Å²) in [6.45, 7) is 3.65. The lowest BCUT2D eigenvalue weighted by Crippen LogP contribution is -2.51. The molecule has 0 bridgehead atoms. The Bertz CT molecular complexity index is 1020. The normalized spacial score (nSPS) is 19.6. The van der Waals surface area contributed by atoms with Crippen LogP contribution in [0.5, 0.6) is 0 Å². The van der Waals surface area contributed by atoms with E-state index in [0.29, 0.717) is 0 Å². The highest BCUT2D eigenvalue weighted by Gasteiger charge is 2.42. The van der Waals surface area contributed by atoms with E-state index in [0.717, 1.165) is 50.1 Å². The fraction of sp³-hybridized carbons (Fsp3) is 0.375. The molecule has 3 aliphatic rings. The molecule has 1 N–H and O–H groups in total. The van der Waals surface area contributed by atoms with Crippen molar-refractivity contribution < 1.29 is 9.53 Å². The Morgan fingerprint density at radius 3 is 2.69 bits per heavy atom. The largest absolute Gasteiger partial charge is 0.501 e. The first-order valence-electron chi connectivity index (χ1n) is 10.4. The average molecular weight is 389 g/mol. The van der Waals surface area contributed by atoms with E-state index in [1.165, 1.54) is 22.6 Å². The van der Waals surface area contributed by atoms with Gasteiger partial charge in [-0.2, -0.15) is 0 Å². The number of fused-ring (bicyclic) bond motifs is 4. The van der Waals surface area contributed by atoms with Gasteiger partial charge in [0.1, 0.15) is 0 Å². The molecular formula is C24H27N3O2. The van der Waals surface area contributed by atoms with Crippen LogP contribution in [0.15, 0.2) is 60.0 Å². The lowest BCUT2D eigenvalue weighted by atomic mass is 9.82. The number of likely N-dealkylation sites (tertiary alicyclic amines) is 1. The van der Waals surface area contributed by atoms with Crippen molar-refractivity contribution in [3.05, 3.63) is 71.3 Å². The first-order chi connectivity index (χ1) is 14.1. The number of allylic oxidation sites excluding steroid dienone is 3. The lowest BCUT2D eigenvalue weighted by molar-refractivity contribution is -0.128. The monoisotopic (exact) mass is 389 g/mol. The van der Waals surface area contributed by atoms with Gasteiger partial charge in [0.25, 0.3) is 0 Å². The molecule has 150 valence electrons. The van der Waals surface area contributed by atoms with Crippen molar-refractivity contribution in [2.24, 2.45) is 0 Å². The number of hydrogen-bond donors (Lipinski definition) is 1. The number of carbonyl (C=O) groups excluding carboxylic acids is 1. The average Bonchev–Trinajstić information content (AvgIpc) is 3.25. The van der Waals surface area contributed by atoms with Gasteiger partial charge in [0.2, 0.25) is 5.91 Å². The number of piperidine rings is 1. The molecule has 3 heterocycles. The summed E-state index contributed by atoms with van der Waals surface area (Å²) in [5.74, 6) is 1.12. The van der Waals surface area contributed by atoms with Gasteiger partial charge in [0.15, 0.2) is 0 Å². The summed E-state index contributed by atoms with van der Waals surface area (Å²) in [7, 11) is 1.68. The molecule has 0 atom stereocenters. The fourth-order valence-corrected chi connectivity index (χ4v) is 4.91. The van der Waals surface area contributed by atoms with Gasteiger partial charge >= 0.3 is 0 Å². The number of rotatable bonds is 2. The van der Waals surface area contributed by atoms with Crippen molar-refractivity contribution >= 4 is 11.6 Å². The SMILES string of the molecule is COC1=CC=C(C(=O)N2CCC3(CC2)Nc2cc(C)ccc2-n2cccc23)CC1. The van der Waals surface area contributed by atoms with Gasteiger partial charge in [-0.15, -0.1) is 0 Å². The third-order valence-electron chi connectivity index (χ3n) is 6.58. The Morgan fingerprint density at radius 2 is 1.97 bits per heavy atom. The van der Waals surface area contributed by atoms with Crippen LogP contribution in [0.2, 0.25) is 0 Å². The molecule has 0 saturated carbocycles. The van der Waals surface area contributed by atoms with Crippen LogP contribution >= 0.6 is 0 Å². The number of nitrogens with zero attached hydrogens (tertiary/aromatic N) is 2. The number of aromatic nitrogens is 1. The van der Waals surface area contributed by atoms with Gasteiger partial charge in [-0.05, 0) is 62.1 Å². The van der Waals surface area contributed by atoms with E-state index in [1.54, 1.807) is 7.11 Å². The van der Waals surface area contributed by atoms with Gasteiger partial charge in [-0.3, -0.25) is 4.79 Å². The van der Waals surface area contributed by atoms with Crippen LogP contribution in [0.3, 0.4) is 0 Å². The van der Waals surface area contributed by atoms with Crippen molar-refractivity contribution in [3.8, 4) is 5.69 Å². The molecule has 5 heteroatoms. The number of nitrogens with one attached hydrogen (secondary N) is 1. The highest BCUT2D eigenvalue weighted by Crippen LogP contribution is 2.43. The third-order valence-corrected chi connectivity index (χ3v) is 6.58. The van der Waals surface area contributed by atoms with Gasteiger partial charge < -0.3 is 19.5 Å². The molecule has 5 rings (SSSR count). The summed E-state index contributed by atoms with van der Waals surface area (Å²) >= 11 is 0. The Hall–Kier alpha value is -2.95. The van der Waals surface area contributed by atoms with Gasteiger partial charge in [-0.25, -0.2) is 0 Å². The minimum Gasteiger partial charge on any atom is -0.501 e. The highest BCUT2D eigenvalue weighted by molar-refractivity contribution is 5.94. The van der Waals surface area contributed by atoms with E-state index in [-0.39, 0.29) is 11.4 Å². The Morgan fingerprint density at radius 1 is 1.14 bits per heavy atom. The number of amides is 1. The van der Waals surface area contributed by atoms with Crippen molar-refractivity contribution in [2.75, 3.05) is 25.5 Å². The minimum absolute atomic E-state index is 0.120. The molecule has 1 saturated heterocycles. The Labute approximate surface area is 171 Å². The van der Waals surface area contributed by atoms with E-state index in [9.17, 15) is 4.79 Å². The quantitative estimate of drug-likeness (QED) is 0.834. The molecule has 1 amide bonds. The van der Waals surface area contributed by atoms with Crippen molar-refractivity contribution in [2.45, 2.75) is 38.1 Å². The van der Waals surface area contributed by atoms with E-state index < -0.39 is 0 Å². The number of carbonyl (C=O) groups is 1. The topological polar surface area (TPSA) is 46.5 Å². The zero-order valence-corrected chi connectivity index (χ0v) is 17.1. The molecule has 2 aromatic rings. The second-order valence-corrected chi connectivity index (χ2v) is 8.31. The number of ether oxygens (including phenoxy) is 1. The van der Waals surface area contributed by atoms with Crippen LogP contribution in [0.4, 0.5) is 5.69 Å². The Balaban J connectivity index is 1.37. The van der Waals surface area contributed by atoms with Gasteiger partial charge in [-0.1, -0.05) is 12.1 Å². The highest BCUT2D eigenvalue weighted by atomic mass is 16.5. The molecule has 0 unspecified atom stereocenters. The lowest BCUT2D eigenvalue weighted by Gasteiger charge is -2.46. The van der Waals surface area contributed by atoms with E-state index in [2.05, 4.69) is 53.3 Å². The predicted molar refractivity (Wildman–Crippen MR) is 114 cm³/mol. The predicted octanol–water partition coefficient (Wildman–Crippen LogP) is 4.28. The van der Waals surface area contributed by atoms with Crippen molar-refractivity contribution in [1.82, 2.24) is 9.47 Å². The zero-order valence-electron chi connectivity index (χ0n) is 17.1. The number of anilines is 1. The van der Waals surface area contributed by atoms with Gasteiger partial charge in [0.05, 0.1) is 29.8 Å². The first kappa shape index (κ1) is 18.1. The maximum atomic E-state index is 13.0. The van der Waals surface area contributed by atoms with E-state index in [1.807, 2.05) is 17.1 Å². The number of hydrogen-bond acceptors (Lipinski definition) is 3. The maximum absolute atomic E-state index is 13.0. The minimum atomic E-state index is -0.120. The summed E-state index contributed by atoms with van der Waals surface area (Å²) < 4.78 is 7.59. The summed E-state index contributed by atoms with van der Waals surface area (Å²) in [5, 5.41) is 3.85. The molecule has 1 aromatic heterocycles. The standard InChI is InChI=1S/C24H27N3O2/c1-17-5-10-21-20(16-17)25-24(22-4-3-13-27(21)22)11-14-26(15-12-24)23(28)18-6-8-19(29-2)9-7-18/h3-6,8,10,13,16,25H,7,9,11-12,14-15H2,1-2H3. The smallest absolute Gasteiger partial charge is 0.249 e. The van der Waals surface area contributed by atoms with E-state index >= 15 is 0 Å².